The van der Waals surface area contributed by atoms with Crippen molar-refractivity contribution in [2.45, 2.75) is 30.3 Å². The highest BCUT2D eigenvalue weighted by atomic mass is 32.2. The van der Waals surface area contributed by atoms with Crippen LogP contribution in [0.4, 0.5) is 17.6 Å². The summed E-state index contributed by atoms with van der Waals surface area (Å²) in [5.41, 5.74) is -1.71. The minimum atomic E-state index is -4.79. The van der Waals surface area contributed by atoms with Crippen molar-refractivity contribution < 1.29 is 22.3 Å². The number of aromatic nitrogens is 2. The number of hydrogen-bond acceptors (Lipinski definition) is 4. The zero-order chi connectivity index (χ0) is 24.7. The number of rotatable bonds is 4. The van der Waals surface area contributed by atoms with E-state index in [1.807, 2.05) is 30.3 Å². The topological polar surface area (TPSA) is 64.1 Å². The highest BCUT2D eigenvalue weighted by molar-refractivity contribution is 7.99. The van der Waals surface area contributed by atoms with Gasteiger partial charge in [0, 0.05) is 16.2 Å². The fraction of sp³-hybridized carbons (Fsp3) is 0.200. The predicted molar refractivity (Wildman–Crippen MR) is 125 cm³/mol. The number of alkyl halides is 3. The Bertz CT molecular complexity index is 1510. The molecule has 0 amide bonds. The molecule has 1 aliphatic heterocycles. The second-order valence-corrected chi connectivity index (χ2v) is 9.16. The highest BCUT2D eigenvalue weighted by Crippen LogP contribution is 2.46. The van der Waals surface area contributed by atoms with E-state index in [-0.39, 0.29) is 45.8 Å². The third-order valence-electron chi connectivity index (χ3n) is 5.80. The Kier molecular flexibility index (Phi) is 6.02. The molecule has 1 unspecified atom stereocenters. The second kappa shape index (κ2) is 9.01. The monoisotopic (exact) mass is 502 g/mol. The summed E-state index contributed by atoms with van der Waals surface area (Å²) in [6, 6.07) is 14.8. The van der Waals surface area contributed by atoms with E-state index in [4.69, 9.17) is 4.74 Å². The van der Waals surface area contributed by atoms with Crippen LogP contribution in [0, 0.1) is 5.82 Å². The van der Waals surface area contributed by atoms with Crippen molar-refractivity contribution in [2.24, 2.45) is 0 Å². The fourth-order valence-electron chi connectivity index (χ4n) is 4.19. The molecule has 0 spiro atoms. The summed E-state index contributed by atoms with van der Waals surface area (Å²) in [6.45, 7) is 0.301. The summed E-state index contributed by atoms with van der Waals surface area (Å²) in [5, 5.41) is -0.242. The van der Waals surface area contributed by atoms with E-state index in [0.29, 0.717) is 0 Å². The number of hydrogen-bond donors (Lipinski definition) is 1. The van der Waals surface area contributed by atoms with E-state index in [0.717, 1.165) is 35.5 Å². The van der Waals surface area contributed by atoms with Gasteiger partial charge in [0.25, 0.3) is 5.56 Å². The van der Waals surface area contributed by atoms with Crippen LogP contribution < -0.4 is 11.2 Å². The van der Waals surface area contributed by atoms with Gasteiger partial charge in [0.15, 0.2) is 0 Å². The van der Waals surface area contributed by atoms with Crippen LogP contribution in [0.3, 0.4) is 0 Å². The van der Waals surface area contributed by atoms with Gasteiger partial charge >= 0.3 is 11.9 Å². The molecule has 0 fully saturated rings. The molecule has 1 N–H and O–H groups in total. The minimum Gasteiger partial charge on any atom is -0.371 e. The van der Waals surface area contributed by atoms with Crippen LogP contribution in [0.15, 0.2) is 75.1 Å². The predicted octanol–water partition coefficient (Wildman–Crippen LogP) is 5.21. The van der Waals surface area contributed by atoms with E-state index in [1.165, 1.54) is 16.7 Å². The van der Waals surface area contributed by atoms with Crippen LogP contribution in [0.5, 0.6) is 0 Å². The number of nitrogens with zero attached hydrogens (tertiary/aromatic N) is 1. The zero-order valence-electron chi connectivity index (χ0n) is 18.1. The molecule has 35 heavy (non-hydrogen) atoms. The van der Waals surface area contributed by atoms with Crippen molar-refractivity contribution in [2.75, 3.05) is 5.75 Å². The first kappa shape index (κ1) is 23.4. The summed E-state index contributed by atoms with van der Waals surface area (Å²) < 4.78 is 63.4. The van der Waals surface area contributed by atoms with E-state index >= 15 is 0 Å². The zero-order valence-corrected chi connectivity index (χ0v) is 18.9. The number of benzene rings is 3. The Morgan fingerprint density at radius 2 is 1.77 bits per heavy atom. The van der Waals surface area contributed by atoms with Crippen molar-refractivity contribution in [3.8, 4) is 11.1 Å². The molecule has 10 heteroatoms. The Labute approximate surface area is 200 Å². The number of aromatic amines is 1. The number of nitrogens with one attached hydrogen (secondary N) is 1. The summed E-state index contributed by atoms with van der Waals surface area (Å²) >= 11 is 1.09. The molecule has 2 heterocycles. The largest absolute Gasteiger partial charge is 0.417 e. The summed E-state index contributed by atoms with van der Waals surface area (Å²) in [5.74, 6) is -0.350. The molecular formula is C25H18F4N2O3S. The molecule has 5 nitrogen and oxygen atoms in total. The average molecular weight is 502 g/mol. The lowest BCUT2D eigenvalue weighted by Gasteiger charge is -2.19. The van der Waals surface area contributed by atoms with Crippen LogP contribution in [-0.4, -0.2) is 21.4 Å². The van der Waals surface area contributed by atoms with Crippen LogP contribution >= 0.6 is 11.8 Å². The maximum atomic E-state index is 14.2. The first-order valence-corrected chi connectivity index (χ1v) is 11.7. The smallest absolute Gasteiger partial charge is 0.371 e. The molecule has 1 atom stereocenters. The first-order chi connectivity index (χ1) is 16.7. The third kappa shape index (κ3) is 4.51. The molecule has 5 rings (SSSR count). The number of thioether (sulfide) groups is 1. The molecule has 1 aromatic heterocycles. The SMILES string of the molecule is O=c1[nH]c(=O)n2c3c(c(-c4ccc(F)cc4)c(C(F)(F)F)cc13)SCC(OCc1ccccc1)C2. The molecular weight excluding hydrogens is 484 g/mol. The number of ether oxygens (including phenoxy) is 1. The van der Waals surface area contributed by atoms with E-state index in [9.17, 15) is 27.2 Å². The summed E-state index contributed by atoms with van der Waals surface area (Å²) in [7, 11) is 0. The lowest BCUT2D eigenvalue weighted by molar-refractivity contribution is -0.137. The third-order valence-corrected chi connectivity index (χ3v) is 7.03. The summed E-state index contributed by atoms with van der Waals surface area (Å²) in [6.07, 6.45) is -5.31. The van der Waals surface area contributed by atoms with Crippen LogP contribution in [0.2, 0.25) is 0 Å². The minimum absolute atomic E-state index is 0.0488. The summed E-state index contributed by atoms with van der Waals surface area (Å²) in [4.78, 5) is 27.6. The van der Waals surface area contributed by atoms with Gasteiger partial charge in [0.2, 0.25) is 0 Å². The van der Waals surface area contributed by atoms with E-state index in [1.54, 1.807) is 0 Å². The molecule has 180 valence electrons. The normalized spacial score (nSPS) is 15.8. The Morgan fingerprint density at radius 1 is 1.06 bits per heavy atom. The Balaban J connectivity index is 1.70. The number of H-pyrrole nitrogens is 1. The molecule has 1 aliphatic rings. The molecule has 0 saturated heterocycles. The van der Waals surface area contributed by atoms with Crippen LogP contribution in [-0.2, 0) is 24.1 Å². The molecule has 0 bridgehead atoms. The fourth-order valence-corrected chi connectivity index (χ4v) is 5.47. The quantitative estimate of drug-likeness (QED) is 0.390. The Morgan fingerprint density at radius 3 is 2.46 bits per heavy atom. The van der Waals surface area contributed by atoms with Gasteiger partial charge in [0.05, 0.1) is 35.7 Å². The van der Waals surface area contributed by atoms with Crippen molar-refractivity contribution in [3.63, 3.8) is 0 Å². The lowest BCUT2D eigenvalue weighted by atomic mass is 9.96. The maximum Gasteiger partial charge on any atom is 0.417 e. The molecule has 0 aliphatic carbocycles. The Hall–Kier alpha value is -3.37. The van der Waals surface area contributed by atoms with E-state index < -0.39 is 34.9 Å². The van der Waals surface area contributed by atoms with Gasteiger partial charge in [-0.05, 0) is 29.3 Å². The molecule has 3 aromatic carbocycles. The second-order valence-electron chi connectivity index (χ2n) is 8.13. The van der Waals surface area contributed by atoms with Crippen molar-refractivity contribution in [1.29, 1.82) is 0 Å². The average Bonchev–Trinajstić information content (AvgIpc) is 3.02. The maximum absolute atomic E-state index is 14.2. The van der Waals surface area contributed by atoms with Gasteiger partial charge in [-0.3, -0.25) is 14.3 Å². The molecule has 0 radical (unpaired) electrons. The van der Waals surface area contributed by atoms with Gasteiger partial charge in [-0.1, -0.05) is 42.5 Å². The standard InChI is InChI=1S/C25H18F4N2O3S/c26-16-8-6-15(7-9-16)20-19(25(27,28)29)10-18-21-22(20)35-13-17(11-31(21)24(33)30-23(18)32)34-12-14-4-2-1-3-5-14/h1-10,17H,11-13H2,(H,30,32,33). The van der Waals surface area contributed by atoms with E-state index in [2.05, 4.69) is 4.98 Å². The van der Waals surface area contributed by atoms with Gasteiger partial charge in [-0.2, -0.15) is 13.2 Å². The van der Waals surface area contributed by atoms with Gasteiger partial charge < -0.3 is 4.74 Å². The lowest BCUT2D eigenvalue weighted by Crippen LogP contribution is -2.34. The van der Waals surface area contributed by atoms with Crippen LogP contribution in [0.25, 0.3) is 22.0 Å². The van der Waals surface area contributed by atoms with Crippen LogP contribution in [0.1, 0.15) is 11.1 Å². The first-order valence-electron chi connectivity index (χ1n) is 10.7. The number of halogens is 4. The van der Waals surface area contributed by atoms with Gasteiger partial charge in [-0.15, -0.1) is 11.8 Å². The van der Waals surface area contributed by atoms with Gasteiger partial charge in [-0.25, -0.2) is 9.18 Å². The molecule has 4 aromatic rings. The van der Waals surface area contributed by atoms with Crippen molar-refractivity contribution in [3.05, 3.63) is 98.4 Å². The van der Waals surface area contributed by atoms with Crippen molar-refractivity contribution in [1.82, 2.24) is 9.55 Å². The highest BCUT2D eigenvalue weighted by Gasteiger charge is 2.38. The van der Waals surface area contributed by atoms with Gasteiger partial charge in [0.1, 0.15) is 5.82 Å². The molecule has 0 saturated carbocycles. The van der Waals surface area contributed by atoms with Crippen molar-refractivity contribution >= 4 is 22.7 Å².